The van der Waals surface area contributed by atoms with Gasteiger partial charge in [0, 0.05) is 22.7 Å². The van der Waals surface area contributed by atoms with Gasteiger partial charge in [-0.25, -0.2) is 0 Å². The number of ether oxygens (including phenoxy) is 1. The Labute approximate surface area is 189 Å². The maximum absolute atomic E-state index is 12.6. The number of aryl methyl sites for hydroxylation is 1. The van der Waals surface area contributed by atoms with Gasteiger partial charge in [-0.1, -0.05) is 48.0 Å². The molecule has 0 aliphatic carbocycles. The highest BCUT2D eigenvalue weighted by atomic mass is 35.5. The molecule has 0 atom stereocenters. The SMILES string of the molecule is Cc1ccc([N+](=O)[O-])cc1NC(=O)/C(C#N)=C/c1cccc(OCc2ccccc2Cl)c1. The van der Waals surface area contributed by atoms with Crippen LogP contribution in [0, 0.1) is 28.4 Å². The number of non-ortho nitro benzene ring substituents is 1. The lowest BCUT2D eigenvalue weighted by molar-refractivity contribution is -0.384. The van der Waals surface area contributed by atoms with Crippen molar-refractivity contribution in [3.8, 4) is 11.8 Å². The zero-order valence-electron chi connectivity index (χ0n) is 17.0. The number of hydrogen-bond donors (Lipinski definition) is 1. The summed E-state index contributed by atoms with van der Waals surface area (Å²) >= 11 is 6.14. The average Bonchev–Trinajstić information content (AvgIpc) is 2.78. The Morgan fingerprint density at radius 3 is 2.69 bits per heavy atom. The second-order valence-electron chi connectivity index (χ2n) is 6.83. The van der Waals surface area contributed by atoms with Crippen LogP contribution in [0.15, 0.2) is 72.3 Å². The van der Waals surface area contributed by atoms with Crippen molar-refractivity contribution >= 4 is 35.0 Å². The fourth-order valence-corrected chi connectivity index (χ4v) is 3.02. The fraction of sp³-hybridized carbons (Fsp3) is 0.0833. The first-order valence-electron chi connectivity index (χ1n) is 9.52. The molecule has 0 spiro atoms. The monoisotopic (exact) mass is 447 g/mol. The molecule has 3 aromatic carbocycles. The molecule has 3 rings (SSSR count). The number of hydrogen-bond acceptors (Lipinski definition) is 5. The summed E-state index contributed by atoms with van der Waals surface area (Å²) in [5.41, 5.74) is 2.01. The van der Waals surface area contributed by atoms with Gasteiger partial charge in [-0.3, -0.25) is 14.9 Å². The molecule has 0 aromatic heterocycles. The lowest BCUT2D eigenvalue weighted by atomic mass is 10.1. The minimum atomic E-state index is -0.668. The molecule has 0 fully saturated rings. The van der Waals surface area contributed by atoms with E-state index in [1.807, 2.05) is 24.3 Å². The Hall–Kier alpha value is -4.15. The molecule has 32 heavy (non-hydrogen) atoms. The van der Waals surface area contributed by atoms with Crippen molar-refractivity contribution in [1.29, 1.82) is 5.26 Å². The predicted octanol–water partition coefficient (Wildman–Crippen LogP) is 5.68. The largest absolute Gasteiger partial charge is 0.489 e. The topological polar surface area (TPSA) is 105 Å². The number of benzene rings is 3. The summed E-state index contributed by atoms with van der Waals surface area (Å²) in [5.74, 6) is -0.121. The van der Waals surface area contributed by atoms with E-state index in [4.69, 9.17) is 16.3 Å². The second kappa shape index (κ2) is 10.2. The number of nitrogens with zero attached hydrogens (tertiary/aromatic N) is 2. The number of halogens is 1. The van der Waals surface area contributed by atoms with Gasteiger partial charge in [0.25, 0.3) is 11.6 Å². The van der Waals surface area contributed by atoms with E-state index < -0.39 is 10.8 Å². The van der Waals surface area contributed by atoms with E-state index in [0.717, 1.165) is 5.56 Å². The third-order valence-corrected chi connectivity index (χ3v) is 4.94. The van der Waals surface area contributed by atoms with Gasteiger partial charge < -0.3 is 10.1 Å². The van der Waals surface area contributed by atoms with Gasteiger partial charge in [0.15, 0.2) is 0 Å². The van der Waals surface area contributed by atoms with Crippen molar-refractivity contribution in [2.45, 2.75) is 13.5 Å². The first-order chi connectivity index (χ1) is 15.4. The molecule has 0 bridgehead atoms. The van der Waals surface area contributed by atoms with Gasteiger partial charge in [-0.2, -0.15) is 5.26 Å². The Bertz CT molecular complexity index is 1250. The molecule has 0 aliphatic rings. The lowest BCUT2D eigenvalue weighted by Crippen LogP contribution is -2.14. The maximum atomic E-state index is 12.6. The predicted molar refractivity (Wildman–Crippen MR) is 122 cm³/mol. The summed E-state index contributed by atoms with van der Waals surface area (Å²) in [4.78, 5) is 23.0. The first kappa shape index (κ1) is 22.5. The van der Waals surface area contributed by atoms with Crippen LogP contribution in [0.3, 0.4) is 0 Å². The van der Waals surface area contributed by atoms with Gasteiger partial charge in [0.05, 0.1) is 10.6 Å². The molecule has 0 heterocycles. The summed E-state index contributed by atoms with van der Waals surface area (Å²) in [5, 5.41) is 23.6. The third kappa shape index (κ3) is 5.72. The normalized spacial score (nSPS) is 10.8. The van der Waals surface area contributed by atoms with Crippen LogP contribution in [0.5, 0.6) is 5.75 Å². The van der Waals surface area contributed by atoms with Crippen molar-refractivity contribution in [3.05, 3.63) is 104 Å². The molecule has 1 amide bonds. The molecule has 160 valence electrons. The Morgan fingerprint density at radius 1 is 1.19 bits per heavy atom. The highest BCUT2D eigenvalue weighted by Crippen LogP contribution is 2.23. The van der Waals surface area contributed by atoms with Crippen LogP contribution in [-0.4, -0.2) is 10.8 Å². The van der Waals surface area contributed by atoms with Gasteiger partial charge in [0.1, 0.15) is 24.0 Å². The van der Waals surface area contributed by atoms with Crippen molar-refractivity contribution in [1.82, 2.24) is 0 Å². The standard InChI is InChI=1S/C24H18ClN3O4/c1-16-9-10-20(28(30)31)13-23(16)27-24(29)19(14-26)11-17-5-4-7-21(12-17)32-15-18-6-2-3-8-22(18)25/h2-13H,15H2,1H3,(H,27,29)/b19-11+. The smallest absolute Gasteiger partial charge is 0.271 e. The van der Waals surface area contributed by atoms with Gasteiger partial charge >= 0.3 is 0 Å². The highest BCUT2D eigenvalue weighted by Gasteiger charge is 2.14. The lowest BCUT2D eigenvalue weighted by Gasteiger charge is -2.09. The Kier molecular flexibility index (Phi) is 7.21. The summed E-state index contributed by atoms with van der Waals surface area (Å²) in [6, 6.07) is 20.3. The number of nitro benzene ring substituents is 1. The molecule has 0 saturated heterocycles. The summed E-state index contributed by atoms with van der Waals surface area (Å²) in [6.45, 7) is 1.97. The van der Waals surface area contributed by atoms with Crippen molar-refractivity contribution in [2.24, 2.45) is 0 Å². The van der Waals surface area contributed by atoms with E-state index in [1.165, 1.54) is 24.3 Å². The summed E-state index contributed by atoms with van der Waals surface area (Å²) in [6.07, 6.45) is 1.42. The molecule has 7 nitrogen and oxygen atoms in total. The number of anilines is 1. The van der Waals surface area contributed by atoms with Crippen LogP contribution in [0.2, 0.25) is 5.02 Å². The van der Waals surface area contributed by atoms with Gasteiger partial charge in [0.2, 0.25) is 0 Å². The molecular formula is C24H18ClN3O4. The van der Waals surface area contributed by atoms with Crippen molar-refractivity contribution in [2.75, 3.05) is 5.32 Å². The first-order valence-corrected chi connectivity index (χ1v) is 9.89. The van der Waals surface area contributed by atoms with Crippen molar-refractivity contribution in [3.63, 3.8) is 0 Å². The fourth-order valence-electron chi connectivity index (χ4n) is 2.83. The van der Waals surface area contributed by atoms with E-state index in [1.54, 1.807) is 37.3 Å². The number of carbonyl (C=O) groups is 1. The number of nitrogens with one attached hydrogen (secondary N) is 1. The van der Waals surface area contributed by atoms with Crippen molar-refractivity contribution < 1.29 is 14.5 Å². The third-order valence-electron chi connectivity index (χ3n) is 4.57. The van der Waals surface area contributed by atoms with Gasteiger partial charge in [-0.15, -0.1) is 0 Å². The number of nitro groups is 1. The Balaban J connectivity index is 1.76. The molecule has 0 radical (unpaired) electrons. The van der Waals surface area contributed by atoms with Crippen LogP contribution in [0.4, 0.5) is 11.4 Å². The zero-order valence-corrected chi connectivity index (χ0v) is 17.8. The number of nitriles is 1. The van der Waals surface area contributed by atoms with Crippen LogP contribution in [-0.2, 0) is 11.4 Å². The maximum Gasteiger partial charge on any atom is 0.271 e. The number of carbonyl (C=O) groups excluding carboxylic acids is 1. The molecule has 1 N–H and O–H groups in total. The molecule has 8 heteroatoms. The minimum absolute atomic E-state index is 0.154. The molecule has 0 unspecified atom stereocenters. The highest BCUT2D eigenvalue weighted by molar-refractivity contribution is 6.31. The molecule has 0 aliphatic heterocycles. The summed E-state index contributed by atoms with van der Waals surface area (Å²) < 4.78 is 5.78. The second-order valence-corrected chi connectivity index (χ2v) is 7.24. The Morgan fingerprint density at radius 2 is 1.97 bits per heavy atom. The summed E-state index contributed by atoms with van der Waals surface area (Å²) in [7, 11) is 0. The van der Waals surface area contributed by atoms with E-state index in [2.05, 4.69) is 5.32 Å². The molecule has 0 saturated carbocycles. The van der Waals surface area contributed by atoms with E-state index in [0.29, 0.717) is 21.9 Å². The quantitative estimate of drug-likeness (QED) is 0.217. The van der Waals surface area contributed by atoms with E-state index >= 15 is 0 Å². The van der Waals surface area contributed by atoms with Crippen LogP contribution in [0.1, 0.15) is 16.7 Å². The van der Waals surface area contributed by atoms with E-state index in [-0.39, 0.29) is 23.6 Å². The number of amides is 1. The molecular weight excluding hydrogens is 430 g/mol. The molecule has 3 aromatic rings. The minimum Gasteiger partial charge on any atom is -0.489 e. The zero-order chi connectivity index (χ0) is 23.1. The van der Waals surface area contributed by atoms with E-state index in [9.17, 15) is 20.2 Å². The van der Waals surface area contributed by atoms with Crippen LogP contribution >= 0.6 is 11.6 Å². The van der Waals surface area contributed by atoms with Crippen LogP contribution in [0.25, 0.3) is 6.08 Å². The van der Waals surface area contributed by atoms with Gasteiger partial charge in [-0.05, 0) is 42.3 Å². The number of rotatable bonds is 7. The van der Waals surface area contributed by atoms with Crippen LogP contribution < -0.4 is 10.1 Å². The average molecular weight is 448 g/mol.